The van der Waals surface area contributed by atoms with Crippen LogP contribution in [0.5, 0.6) is 0 Å². The van der Waals surface area contributed by atoms with Crippen LogP contribution in [0.15, 0.2) is 11.4 Å². The Balaban J connectivity index is 2.11. The van der Waals surface area contributed by atoms with Gasteiger partial charge < -0.3 is 10.1 Å². The molecule has 0 aliphatic heterocycles. The molecule has 92 valence electrons. The van der Waals surface area contributed by atoms with Crippen LogP contribution in [-0.2, 0) is 4.74 Å². The van der Waals surface area contributed by atoms with E-state index in [1.807, 2.05) is 18.3 Å². The van der Waals surface area contributed by atoms with E-state index in [2.05, 4.69) is 30.6 Å². The summed E-state index contributed by atoms with van der Waals surface area (Å²) in [6.45, 7) is 9.26. The van der Waals surface area contributed by atoms with Gasteiger partial charge in [0.05, 0.1) is 0 Å². The Labute approximate surface area is 103 Å². The number of hydrogen-bond donors (Lipinski definition) is 1. The molecule has 0 aliphatic carbocycles. The molecule has 0 bridgehead atoms. The molecule has 1 heterocycles. The van der Waals surface area contributed by atoms with Crippen LogP contribution in [0.25, 0.3) is 0 Å². The number of rotatable bonds is 8. The van der Waals surface area contributed by atoms with Gasteiger partial charge in [-0.05, 0) is 57.2 Å². The second kappa shape index (κ2) is 7.82. The maximum Gasteiger partial charge on any atom is 0.0466 e. The number of hydrogen-bond acceptors (Lipinski definition) is 3. The van der Waals surface area contributed by atoms with Gasteiger partial charge in [-0.25, -0.2) is 0 Å². The summed E-state index contributed by atoms with van der Waals surface area (Å²) < 4.78 is 5.31. The Morgan fingerprint density at radius 1 is 1.44 bits per heavy atom. The lowest BCUT2D eigenvalue weighted by Gasteiger charge is -2.13. The fourth-order valence-corrected chi connectivity index (χ4v) is 2.67. The van der Waals surface area contributed by atoms with E-state index in [9.17, 15) is 0 Å². The normalized spacial score (nSPS) is 12.9. The summed E-state index contributed by atoms with van der Waals surface area (Å²) in [7, 11) is 0. The van der Waals surface area contributed by atoms with Crippen LogP contribution >= 0.6 is 11.3 Å². The highest BCUT2D eigenvalue weighted by Gasteiger charge is 2.08. The van der Waals surface area contributed by atoms with Crippen molar-refractivity contribution in [3.8, 4) is 0 Å². The standard InChI is InChI=1S/C13H23NOS/c1-4-15-9-6-5-8-14-12(3)13-11(2)7-10-16-13/h7,10,12,14H,4-6,8-9H2,1-3H3. The minimum absolute atomic E-state index is 0.479. The molecule has 1 rings (SSSR count). The number of aryl methyl sites for hydroxylation is 1. The minimum atomic E-state index is 0.479. The first-order chi connectivity index (χ1) is 7.75. The predicted octanol–water partition coefficient (Wildman–Crippen LogP) is 3.52. The molecule has 1 aromatic heterocycles. The third-order valence-corrected chi connectivity index (χ3v) is 3.87. The van der Waals surface area contributed by atoms with Crippen LogP contribution in [0, 0.1) is 6.92 Å². The lowest BCUT2D eigenvalue weighted by Crippen LogP contribution is -2.19. The second-order valence-electron chi connectivity index (χ2n) is 4.05. The van der Waals surface area contributed by atoms with E-state index < -0.39 is 0 Å². The average Bonchev–Trinajstić information content (AvgIpc) is 2.69. The molecule has 2 nitrogen and oxygen atoms in total. The predicted molar refractivity (Wildman–Crippen MR) is 71.2 cm³/mol. The first kappa shape index (κ1) is 13.7. The zero-order valence-electron chi connectivity index (χ0n) is 10.6. The summed E-state index contributed by atoms with van der Waals surface area (Å²) >= 11 is 1.84. The molecule has 1 unspecified atom stereocenters. The molecule has 0 amide bonds. The molecule has 1 atom stereocenters. The Bertz CT molecular complexity index is 285. The Morgan fingerprint density at radius 2 is 2.25 bits per heavy atom. The molecule has 0 spiro atoms. The van der Waals surface area contributed by atoms with E-state index in [4.69, 9.17) is 4.74 Å². The van der Waals surface area contributed by atoms with Gasteiger partial charge in [-0.3, -0.25) is 0 Å². The monoisotopic (exact) mass is 241 g/mol. The minimum Gasteiger partial charge on any atom is -0.382 e. The SMILES string of the molecule is CCOCCCCNC(C)c1sccc1C. The van der Waals surface area contributed by atoms with Gasteiger partial charge in [0.2, 0.25) is 0 Å². The van der Waals surface area contributed by atoms with E-state index in [0.29, 0.717) is 6.04 Å². The van der Waals surface area contributed by atoms with Gasteiger partial charge in [-0.1, -0.05) is 0 Å². The molecule has 0 radical (unpaired) electrons. The van der Waals surface area contributed by atoms with Gasteiger partial charge >= 0.3 is 0 Å². The smallest absolute Gasteiger partial charge is 0.0466 e. The van der Waals surface area contributed by atoms with Gasteiger partial charge in [0.25, 0.3) is 0 Å². The van der Waals surface area contributed by atoms with Crippen molar-refractivity contribution in [3.63, 3.8) is 0 Å². The van der Waals surface area contributed by atoms with Crippen molar-refractivity contribution >= 4 is 11.3 Å². The van der Waals surface area contributed by atoms with Crippen molar-refractivity contribution < 1.29 is 4.74 Å². The highest BCUT2D eigenvalue weighted by molar-refractivity contribution is 7.10. The van der Waals surface area contributed by atoms with Gasteiger partial charge in [0, 0.05) is 24.1 Å². The van der Waals surface area contributed by atoms with Gasteiger partial charge in [0.15, 0.2) is 0 Å². The molecule has 0 aliphatic rings. The Kier molecular flexibility index (Phi) is 6.69. The molecule has 1 aromatic rings. The van der Waals surface area contributed by atoms with Gasteiger partial charge in [-0.15, -0.1) is 11.3 Å². The summed E-state index contributed by atoms with van der Waals surface area (Å²) in [5.41, 5.74) is 1.40. The van der Waals surface area contributed by atoms with Gasteiger partial charge in [0.1, 0.15) is 0 Å². The highest BCUT2D eigenvalue weighted by atomic mass is 32.1. The van der Waals surface area contributed by atoms with E-state index in [0.717, 1.165) is 26.2 Å². The summed E-state index contributed by atoms with van der Waals surface area (Å²) in [6.07, 6.45) is 2.34. The number of unbranched alkanes of at least 4 members (excludes halogenated alkanes) is 1. The van der Waals surface area contributed by atoms with Crippen LogP contribution in [-0.4, -0.2) is 19.8 Å². The molecule has 0 aromatic carbocycles. The van der Waals surface area contributed by atoms with E-state index >= 15 is 0 Å². The quantitative estimate of drug-likeness (QED) is 0.703. The number of ether oxygens (including phenoxy) is 1. The van der Waals surface area contributed by atoms with E-state index in [-0.39, 0.29) is 0 Å². The molecule has 1 N–H and O–H groups in total. The summed E-state index contributed by atoms with van der Waals surface area (Å²) in [6, 6.07) is 2.67. The number of nitrogens with one attached hydrogen (secondary N) is 1. The fraction of sp³-hybridized carbons (Fsp3) is 0.692. The topological polar surface area (TPSA) is 21.3 Å². The molecular formula is C13H23NOS. The number of thiophene rings is 1. The van der Waals surface area contributed by atoms with Crippen LogP contribution in [0.4, 0.5) is 0 Å². The molecule has 0 saturated heterocycles. The maximum atomic E-state index is 5.31. The second-order valence-corrected chi connectivity index (χ2v) is 5.00. The third-order valence-electron chi connectivity index (χ3n) is 2.67. The van der Waals surface area contributed by atoms with Crippen molar-refractivity contribution in [1.82, 2.24) is 5.32 Å². The molecule has 3 heteroatoms. The van der Waals surface area contributed by atoms with Crippen molar-refractivity contribution in [2.24, 2.45) is 0 Å². The average molecular weight is 241 g/mol. The van der Waals surface area contributed by atoms with Crippen molar-refractivity contribution in [2.75, 3.05) is 19.8 Å². The maximum absolute atomic E-state index is 5.31. The van der Waals surface area contributed by atoms with Crippen LogP contribution in [0.3, 0.4) is 0 Å². The molecule has 0 saturated carbocycles. The van der Waals surface area contributed by atoms with Crippen LogP contribution in [0.1, 0.15) is 43.2 Å². The zero-order chi connectivity index (χ0) is 11.8. The summed E-state index contributed by atoms with van der Waals surface area (Å²) in [4.78, 5) is 1.46. The Hall–Kier alpha value is -0.380. The molecule has 16 heavy (non-hydrogen) atoms. The zero-order valence-corrected chi connectivity index (χ0v) is 11.4. The van der Waals surface area contributed by atoms with E-state index in [1.165, 1.54) is 16.9 Å². The summed E-state index contributed by atoms with van der Waals surface area (Å²) in [5, 5.41) is 5.72. The lowest BCUT2D eigenvalue weighted by molar-refractivity contribution is 0.143. The van der Waals surface area contributed by atoms with Crippen molar-refractivity contribution in [2.45, 2.75) is 39.7 Å². The fourth-order valence-electron chi connectivity index (χ4n) is 1.71. The van der Waals surface area contributed by atoms with Crippen molar-refractivity contribution in [3.05, 3.63) is 21.9 Å². The van der Waals surface area contributed by atoms with E-state index in [1.54, 1.807) is 0 Å². The largest absolute Gasteiger partial charge is 0.382 e. The third kappa shape index (κ3) is 4.64. The highest BCUT2D eigenvalue weighted by Crippen LogP contribution is 2.23. The first-order valence-corrected chi connectivity index (χ1v) is 6.98. The molecule has 0 fully saturated rings. The first-order valence-electron chi connectivity index (χ1n) is 6.10. The van der Waals surface area contributed by atoms with Gasteiger partial charge in [-0.2, -0.15) is 0 Å². The van der Waals surface area contributed by atoms with Crippen molar-refractivity contribution in [1.29, 1.82) is 0 Å². The summed E-state index contributed by atoms with van der Waals surface area (Å²) in [5.74, 6) is 0. The lowest BCUT2D eigenvalue weighted by atomic mass is 10.2. The van der Waals surface area contributed by atoms with Crippen LogP contribution < -0.4 is 5.32 Å². The van der Waals surface area contributed by atoms with Crippen LogP contribution in [0.2, 0.25) is 0 Å². The Morgan fingerprint density at radius 3 is 2.88 bits per heavy atom. The molecular weight excluding hydrogens is 218 g/mol.